The molecule has 2 aliphatic rings. The summed E-state index contributed by atoms with van der Waals surface area (Å²) in [5.74, 6) is -0.570. The molecule has 0 radical (unpaired) electrons. The largest absolute Gasteiger partial charge is 0.448 e. The van der Waals surface area contributed by atoms with Gasteiger partial charge < -0.3 is 15.8 Å². The Labute approximate surface area is 213 Å². The van der Waals surface area contributed by atoms with Crippen LogP contribution in [0.25, 0.3) is 0 Å². The second-order valence-corrected chi connectivity index (χ2v) is 11.0. The first-order valence-corrected chi connectivity index (χ1v) is 13.2. The lowest BCUT2D eigenvalue weighted by atomic mass is 10.0. The Hall–Kier alpha value is -3.35. The highest BCUT2D eigenvalue weighted by Gasteiger charge is 2.54. The summed E-state index contributed by atoms with van der Waals surface area (Å²) >= 11 is 3.88. The van der Waals surface area contributed by atoms with Crippen molar-refractivity contribution in [1.29, 1.82) is 0 Å². The predicted octanol–water partition coefficient (Wildman–Crippen LogP) is 2.79. The molecule has 3 N–H and O–H groups in total. The number of fused-ring (bicyclic) bond motifs is 1. The molecule has 2 atom stereocenters. The summed E-state index contributed by atoms with van der Waals surface area (Å²) in [5.41, 5.74) is 7.47. The molecule has 1 aromatic heterocycles. The number of benzene rings is 2. The van der Waals surface area contributed by atoms with Crippen molar-refractivity contribution in [3.05, 3.63) is 82.4 Å². The maximum Gasteiger partial charge on any atom is 0.356 e. The van der Waals surface area contributed by atoms with Gasteiger partial charge in [-0.3, -0.25) is 14.5 Å². The smallest absolute Gasteiger partial charge is 0.356 e. The van der Waals surface area contributed by atoms with E-state index < -0.39 is 23.5 Å². The minimum Gasteiger partial charge on any atom is -0.448 e. The molecule has 3 heterocycles. The molecule has 0 unspecified atom stereocenters. The van der Waals surface area contributed by atoms with Gasteiger partial charge in [0.05, 0.1) is 0 Å². The topological polar surface area (TPSA) is 128 Å². The summed E-state index contributed by atoms with van der Waals surface area (Å²) < 4.78 is 6.63. The first-order valence-electron chi connectivity index (χ1n) is 10.5. The molecule has 12 heteroatoms. The van der Waals surface area contributed by atoms with Crippen LogP contribution in [0.5, 0.6) is 0 Å². The average Bonchev–Trinajstić information content (AvgIpc) is 3.30. The number of hydrogen-bond donors (Lipinski definition) is 2. The number of nitrogens with two attached hydrogens (primary N) is 1. The molecular formula is C23H19N5O4S3. The van der Waals surface area contributed by atoms with E-state index in [-0.39, 0.29) is 11.6 Å². The van der Waals surface area contributed by atoms with Gasteiger partial charge in [-0.1, -0.05) is 83.8 Å². The number of nitrogen functional groups attached to an aromatic ring is 1. The second-order valence-electron chi connectivity index (χ2n) is 7.56. The van der Waals surface area contributed by atoms with Gasteiger partial charge in [0.1, 0.15) is 17.1 Å². The number of carbonyl (C=O) groups is 3. The summed E-state index contributed by atoms with van der Waals surface area (Å²) in [4.78, 5) is 39.6. The molecule has 5 rings (SSSR count). The lowest BCUT2D eigenvalue weighted by molar-refractivity contribution is -0.154. The van der Waals surface area contributed by atoms with Gasteiger partial charge >= 0.3 is 5.97 Å². The third kappa shape index (κ3) is 4.64. The van der Waals surface area contributed by atoms with Gasteiger partial charge in [-0.2, -0.15) is 0 Å². The van der Waals surface area contributed by atoms with Crippen molar-refractivity contribution >= 4 is 58.3 Å². The summed E-state index contributed by atoms with van der Waals surface area (Å²) in [6.07, 6.45) is -0.175. The van der Waals surface area contributed by atoms with Crippen LogP contribution in [0.3, 0.4) is 0 Å². The SMILES string of the molecule is Nc1nnc(SC2=C(C(=O)OC(c3ccccc3)c3ccccc3)N3C(=O)[C@@H](NC=O)[C@H]3SC2)s1. The molecule has 0 aliphatic carbocycles. The van der Waals surface area contributed by atoms with Crippen molar-refractivity contribution in [2.45, 2.75) is 21.9 Å². The van der Waals surface area contributed by atoms with Gasteiger partial charge in [-0.05, 0) is 11.1 Å². The lowest BCUT2D eigenvalue weighted by Crippen LogP contribution is -2.69. The molecule has 0 spiro atoms. The second kappa shape index (κ2) is 10.1. The molecule has 2 aromatic carbocycles. The van der Waals surface area contributed by atoms with E-state index in [1.807, 2.05) is 60.7 Å². The first kappa shape index (κ1) is 23.4. The first-order chi connectivity index (χ1) is 17.1. The highest BCUT2D eigenvalue weighted by atomic mass is 32.2. The Morgan fingerprint density at radius 2 is 1.80 bits per heavy atom. The number of carbonyl (C=O) groups excluding carboxylic acids is 3. The van der Waals surface area contributed by atoms with E-state index in [2.05, 4.69) is 15.5 Å². The number of anilines is 1. The van der Waals surface area contributed by atoms with E-state index >= 15 is 0 Å². The van der Waals surface area contributed by atoms with Crippen LogP contribution < -0.4 is 11.1 Å². The Bertz CT molecular complexity index is 1250. The maximum absolute atomic E-state index is 13.7. The van der Waals surface area contributed by atoms with Crippen LogP contribution in [0.1, 0.15) is 17.2 Å². The normalized spacial score (nSPS) is 19.2. The van der Waals surface area contributed by atoms with Crippen molar-refractivity contribution in [3.8, 4) is 0 Å². The third-order valence-electron chi connectivity index (χ3n) is 5.44. The maximum atomic E-state index is 13.7. The standard InChI is InChI=1S/C23H19N5O4S3/c24-22-26-27-23(35-22)34-15-11-33-20-16(25-12-29)19(30)28(20)17(15)21(31)32-18(13-7-3-1-4-8-13)14-9-5-2-6-10-14/h1-10,12,16,18,20H,11H2,(H2,24,26)(H,25,29)/t16-,20-/m1/s1. The summed E-state index contributed by atoms with van der Waals surface area (Å²) in [7, 11) is 0. The van der Waals surface area contributed by atoms with Crippen LogP contribution in [-0.4, -0.2) is 50.6 Å². The highest BCUT2D eigenvalue weighted by Crippen LogP contribution is 2.46. The fourth-order valence-corrected chi connectivity index (χ4v) is 7.15. The van der Waals surface area contributed by atoms with E-state index in [0.29, 0.717) is 26.5 Å². The summed E-state index contributed by atoms with van der Waals surface area (Å²) in [6, 6.07) is 18.1. The number of esters is 1. The molecule has 35 heavy (non-hydrogen) atoms. The predicted molar refractivity (Wildman–Crippen MR) is 134 cm³/mol. The van der Waals surface area contributed by atoms with Gasteiger partial charge in [0.2, 0.25) is 11.5 Å². The van der Waals surface area contributed by atoms with Crippen LogP contribution in [0.15, 0.2) is 75.6 Å². The fourth-order valence-electron chi connectivity index (χ4n) is 3.87. The lowest BCUT2D eigenvalue weighted by Gasteiger charge is -2.49. The third-order valence-corrected chi connectivity index (χ3v) is 8.79. The van der Waals surface area contributed by atoms with Crippen molar-refractivity contribution < 1.29 is 19.1 Å². The molecule has 9 nitrogen and oxygen atoms in total. The molecular weight excluding hydrogens is 506 g/mol. The zero-order valence-corrected chi connectivity index (χ0v) is 20.5. The van der Waals surface area contributed by atoms with Gasteiger partial charge in [0.25, 0.3) is 5.91 Å². The number of amides is 2. The monoisotopic (exact) mass is 525 g/mol. The number of nitrogens with zero attached hydrogens (tertiary/aromatic N) is 3. The number of hydrogen-bond acceptors (Lipinski definition) is 10. The molecule has 1 fully saturated rings. The number of aromatic nitrogens is 2. The number of rotatable bonds is 8. The highest BCUT2D eigenvalue weighted by molar-refractivity contribution is 8.07. The van der Waals surface area contributed by atoms with Gasteiger partial charge in [0.15, 0.2) is 10.4 Å². The van der Waals surface area contributed by atoms with Crippen molar-refractivity contribution in [2.75, 3.05) is 11.5 Å². The van der Waals surface area contributed by atoms with E-state index in [4.69, 9.17) is 10.5 Å². The van der Waals surface area contributed by atoms with Gasteiger partial charge in [0, 0.05) is 10.7 Å². The molecule has 0 bridgehead atoms. The number of nitrogens with one attached hydrogen (secondary N) is 1. The van der Waals surface area contributed by atoms with E-state index in [1.54, 1.807) is 0 Å². The van der Waals surface area contributed by atoms with Crippen LogP contribution in [0, 0.1) is 0 Å². The van der Waals surface area contributed by atoms with Crippen molar-refractivity contribution in [3.63, 3.8) is 0 Å². The minimum atomic E-state index is -0.692. The van der Waals surface area contributed by atoms with Crippen LogP contribution >= 0.6 is 34.9 Å². The van der Waals surface area contributed by atoms with E-state index in [1.165, 1.54) is 39.8 Å². The zero-order valence-electron chi connectivity index (χ0n) is 18.1. The Morgan fingerprint density at radius 1 is 1.14 bits per heavy atom. The fraction of sp³-hybridized carbons (Fsp3) is 0.174. The molecule has 3 aromatic rings. The number of thioether (sulfide) groups is 2. The summed E-state index contributed by atoms with van der Waals surface area (Å²) in [5, 5.41) is 10.3. The molecule has 2 amide bonds. The van der Waals surface area contributed by atoms with E-state index in [0.717, 1.165) is 11.1 Å². The minimum absolute atomic E-state index is 0.151. The molecule has 178 valence electrons. The number of ether oxygens (including phenoxy) is 1. The van der Waals surface area contributed by atoms with Crippen molar-refractivity contribution in [2.24, 2.45) is 0 Å². The Kier molecular flexibility index (Phi) is 6.75. The van der Waals surface area contributed by atoms with Crippen molar-refractivity contribution in [1.82, 2.24) is 20.4 Å². The Morgan fingerprint density at radius 3 is 2.37 bits per heavy atom. The average molecular weight is 526 g/mol. The van der Waals surface area contributed by atoms with Gasteiger partial charge in [-0.25, -0.2) is 4.79 Å². The summed E-state index contributed by atoms with van der Waals surface area (Å²) in [6.45, 7) is 0. The zero-order chi connectivity index (χ0) is 24.4. The Balaban J connectivity index is 1.51. The van der Waals surface area contributed by atoms with Crippen LogP contribution in [0.4, 0.5) is 5.13 Å². The van der Waals surface area contributed by atoms with E-state index in [9.17, 15) is 14.4 Å². The van der Waals surface area contributed by atoms with Gasteiger partial charge in [-0.15, -0.1) is 22.0 Å². The molecule has 1 saturated heterocycles. The molecule has 2 aliphatic heterocycles. The number of β-lactam (4-membered cyclic amide) rings is 1. The van der Waals surface area contributed by atoms with Crippen LogP contribution in [0.2, 0.25) is 0 Å². The van der Waals surface area contributed by atoms with Crippen LogP contribution in [-0.2, 0) is 19.1 Å². The molecule has 0 saturated carbocycles. The quantitative estimate of drug-likeness (QED) is 0.259.